The van der Waals surface area contributed by atoms with Crippen molar-refractivity contribution in [3.05, 3.63) is 53.1 Å². The zero-order chi connectivity index (χ0) is 19.0. The molecule has 1 aromatic rings. The van der Waals surface area contributed by atoms with Crippen LogP contribution >= 0.6 is 0 Å². The van der Waals surface area contributed by atoms with Gasteiger partial charge in [0.05, 0.1) is 12.5 Å². The lowest BCUT2D eigenvalue weighted by Gasteiger charge is -2.28. The highest BCUT2D eigenvalue weighted by Gasteiger charge is 2.44. The molecular weight excluding hydrogens is 328 g/mol. The maximum absolute atomic E-state index is 12.5. The highest BCUT2D eigenvalue weighted by Crippen LogP contribution is 2.53. The minimum atomic E-state index is -0.667. The molecule has 0 bridgehead atoms. The van der Waals surface area contributed by atoms with Gasteiger partial charge in [0.25, 0.3) is 0 Å². The van der Waals surface area contributed by atoms with E-state index in [1.807, 2.05) is 32.9 Å². The lowest BCUT2D eigenvalue weighted by atomic mass is 9.72. The summed E-state index contributed by atoms with van der Waals surface area (Å²) in [6.07, 6.45) is 3.29. The molecule has 0 radical (unpaired) electrons. The van der Waals surface area contributed by atoms with Crippen LogP contribution in [0, 0.1) is 5.92 Å². The van der Waals surface area contributed by atoms with Gasteiger partial charge in [-0.15, -0.1) is 0 Å². The minimum absolute atomic E-state index is 0.105. The lowest BCUT2D eigenvalue weighted by molar-refractivity contribution is -0.129. The number of hydrogen-bond acceptors (Lipinski definition) is 4. The quantitative estimate of drug-likeness (QED) is 0.567. The summed E-state index contributed by atoms with van der Waals surface area (Å²) in [5, 5.41) is 0. The van der Waals surface area contributed by atoms with Crippen LogP contribution in [0.3, 0.4) is 0 Å². The maximum atomic E-state index is 12.5. The van der Waals surface area contributed by atoms with E-state index < -0.39 is 5.92 Å². The van der Waals surface area contributed by atoms with Crippen molar-refractivity contribution in [3.8, 4) is 11.5 Å². The molecule has 3 rings (SSSR count). The van der Waals surface area contributed by atoms with Gasteiger partial charge < -0.3 is 9.47 Å². The predicted molar refractivity (Wildman–Crippen MR) is 102 cm³/mol. The van der Waals surface area contributed by atoms with Gasteiger partial charge in [-0.3, -0.25) is 9.59 Å². The minimum Gasteiger partial charge on any atom is -0.490 e. The lowest BCUT2D eigenvalue weighted by Crippen LogP contribution is -2.31. The molecule has 0 fully saturated rings. The van der Waals surface area contributed by atoms with Crippen molar-refractivity contribution in [2.75, 3.05) is 13.2 Å². The molecule has 0 aliphatic heterocycles. The number of carbonyl (C=O) groups excluding carboxylic acids is 2. The van der Waals surface area contributed by atoms with E-state index in [-0.39, 0.29) is 17.5 Å². The maximum Gasteiger partial charge on any atom is 0.167 e. The van der Waals surface area contributed by atoms with E-state index in [1.54, 1.807) is 12.2 Å². The highest BCUT2D eigenvalue weighted by molar-refractivity contribution is 6.11. The van der Waals surface area contributed by atoms with Crippen LogP contribution in [0.25, 0.3) is 5.57 Å². The van der Waals surface area contributed by atoms with Gasteiger partial charge in [-0.25, -0.2) is 0 Å². The van der Waals surface area contributed by atoms with Crippen molar-refractivity contribution in [1.29, 1.82) is 0 Å². The zero-order valence-corrected chi connectivity index (χ0v) is 15.7. The van der Waals surface area contributed by atoms with Crippen molar-refractivity contribution in [1.82, 2.24) is 0 Å². The first-order valence-corrected chi connectivity index (χ1v) is 8.89. The first-order valence-electron chi connectivity index (χ1n) is 8.89. The highest BCUT2D eigenvalue weighted by atomic mass is 16.5. The van der Waals surface area contributed by atoms with Gasteiger partial charge in [-0.05, 0) is 73.7 Å². The number of allylic oxidation sites excluding steroid dienone is 4. The Morgan fingerprint density at radius 2 is 1.92 bits per heavy atom. The van der Waals surface area contributed by atoms with Crippen molar-refractivity contribution < 1.29 is 19.1 Å². The number of ketones is 2. The number of Topliss-reactive ketones (excluding diaryl/α,β-unsaturated/α-hetero) is 1. The molecule has 1 aromatic carbocycles. The molecule has 2 unspecified atom stereocenters. The summed E-state index contributed by atoms with van der Waals surface area (Å²) in [5.74, 6) is 0.147. The van der Waals surface area contributed by atoms with E-state index in [9.17, 15) is 9.59 Å². The third-order valence-electron chi connectivity index (χ3n) is 5.09. The Hall–Kier alpha value is -2.62. The smallest absolute Gasteiger partial charge is 0.167 e. The molecular formula is C22H24O4. The molecule has 0 amide bonds. The third-order valence-corrected chi connectivity index (χ3v) is 5.09. The number of ether oxygens (including phenoxy) is 2. The van der Waals surface area contributed by atoms with Crippen LogP contribution in [0.2, 0.25) is 0 Å². The molecule has 26 heavy (non-hydrogen) atoms. The summed E-state index contributed by atoms with van der Waals surface area (Å²) in [6.45, 7) is 11.9. The number of hydrogen-bond donors (Lipinski definition) is 0. The van der Waals surface area contributed by atoms with Gasteiger partial charge in [-0.2, -0.15) is 0 Å². The summed E-state index contributed by atoms with van der Waals surface area (Å²) in [4.78, 5) is 24.8. The van der Waals surface area contributed by atoms with Crippen LogP contribution in [0.1, 0.15) is 44.7 Å². The van der Waals surface area contributed by atoms with E-state index in [2.05, 4.69) is 6.58 Å². The number of benzene rings is 1. The first kappa shape index (κ1) is 18.2. The third kappa shape index (κ3) is 2.79. The Morgan fingerprint density at radius 3 is 2.54 bits per heavy atom. The van der Waals surface area contributed by atoms with Crippen molar-refractivity contribution >= 4 is 17.1 Å². The topological polar surface area (TPSA) is 52.6 Å². The predicted octanol–water partition coefficient (Wildman–Crippen LogP) is 4.26. The molecule has 4 nitrogen and oxygen atoms in total. The molecule has 2 aliphatic carbocycles. The largest absolute Gasteiger partial charge is 0.490 e. The van der Waals surface area contributed by atoms with E-state index in [0.29, 0.717) is 24.7 Å². The van der Waals surface area contributed by atoms with E-state index in [0.717, 1.165) is 27.8 Å². The second kappa shape index (κ2) is 6.94. The average Bonchev–Trinajstić information content (AvgIpc) is 2.85. The van der Waals surface area contributed by atoms with Crippen LogP contribution in [0.4, 0.5) is 0 Å². The van der Waals surface area contributed by atoms with Crippen LogP contribution in [0.15, 0.2) is 42.0 Å². The summed E-state index contributed by atoms with van der Waals surface area (Å²) in [5.41, 5.74) is 5.07. The average molecular weight is 352 g/mol. The van der Waals surface area contributed by atoms with Gasteiger partial charge >= 0.3 is 0 Å². The summed E-state index contributed by atoms with van der Waals surface area (Å²) >= 11 is 0. The molecule has 0 aromatic heterocycles. The molecule has 2 atom stereocenters. The van der Waals surface area contributed by atoms with E-state index in [1.165, 1.54) is 6.92 Å². The Kier molecular flexibility index (Phi) is 4.86. The van der Waals surface area contributed by atoms with E-state index in [4.69, 9.17) is 9.47 Å². The summed E-state index contributed by atoms with van der Waals surface area (Å²) in [7, 11) is 0. The van der Waals surface area contributed by atoms with Crippen LogP contribution in [0.5, 0.6) is 11.5 Å². The Morgan fingerprint density at radius 1 is 1.23 bits per heavy atom. The molecule has 136 valence electrons. The second-order valence-electron chi connectivity index (χ2n) is 6.75. The van der Waals surface area contributed by atoms with Gasteiger partial charge in [0.15, 0.2) is 17.3 Å². The standard InChI is InChI=1S/C22H24O4/c1-6-8-26-19-10-15-13(4)20-12(3)9-17(24)21(14(5)23)22(20)16(15)11-18(19)25-7-2/h6,9-11,21-22H,1,7-8H2,2-5H3. The molecule has 0 saturated heterocycles. The van der Waals surface area contributed by atoms with Crippen molar-refractivity contribution in [2.24, 2.45) is 5.92 Å². The van der Waals surface area contributed by atoms with Gasteiger partial charge in [0, 0.05) is 5.92 Å². The second-order valence-corrected chi connectivity index (χ2v) is 6.75. The van der Waals surface area contributed by atoms with Gasteiger partial charge in [0.2, 0.25) is 0 Å². The monoisotopic (exact) mass is 352 g/mol. The van der Waals surface area contributed by atoms with Crippen molar-refractivity contribution in [2.45, 2.75) is 33.6 Å². The molecule has 4 heteroatoms. The van der Waals surface area contributed by atoms with Gasteiger partial charge in [-0.1, -0.05) is 12.7 Å². The van der Waals surface area contributed by atoms with E-state index >= 15 is 0 Å². The normalized spacial score (nSPS) is 21.1. The zero-order valence-electron chi connectivity index (χ0n) is 15.7. The molecule has 0 heterocycles. The molecule has 0 saturated carbocycles. The molecule has 0 N–H and O–H groups in total. The van der Waals surface area contributed by atoms with Crippen molar-refractivity contribution in [3.63, 3.8) is 0 Å². The molecule has 2 aliphatic rings. The number of rotatable bonds is 6. The van der Waals surface area contributed by atoms with Gasteiger partial charge in [0.1, 0.15) is 12.4 Å². The fourth-order valence-electron chi connectivity index (χ4n) is 4.09. The SMILES string of the molecule is C=CCOc1cc2c(cc1OCC)C1C(=C2C)C(C)=CC(=O)C1C(C)=O. The van der Waals surface area contributed by atoms with Crippen LogP contribution < -0.4 is 9.47 Å². The van der Waals surface area contributed by atoms with Crippen LogP contribution in [-0.2, 0) is 9.59 Å². The summed E-state index contributed by atoms with van der Waals surface area (Å²) < 4.78 is 11.5. The fraction of sp³-hybridized carbons (Fsp3) is 0.364. The Bertz CT molecular complexity index is 857. The first-order chi connectivity index (χ1) is 12.4. The number of fused-ring (bicyclic) bond motifs is 3. The van der Waals surface area contributed by atoms with Crippen LogP contribution in [-0.4, -0.2) is 24.8 Å². The fourth-order valence-corrected chi connectivity index (χ4v) is 4.09. The Labute approximate surface area is 154 Å². The Balaban J connectivity index is 2.20. The summed E-state index contributed by atoms with van der Waals surface area (Å²) in [6, 6.07) is 3.89. The molecule has 0 spiro atoms. The number of carbonyl (C=O) groups is 2.